The topological polar surface area (TPSA) is 84.9 Å². The number of ether oxygens (including phenoxy) is 2. The van der Waals surface area contributed by atoms with E-state index < -0.39 is 16.1 Å². The van der Waals surface area contributed by atoms with Crippen molar-refractivity contribution in [2.45, 2.75) is 50.5 Å². The number of carbonyl (C=O) groups is 1. The molecule has 1 saturated heterocycles. The fourth-order valence-electron chi connectivity index (χ4n) is 3.95. The van der Waals surface area contributed by atoms with Crippen LogP contribution >= 0.6 is 0 Å². The van der Waals surface area contributed by atoms with E-state index in [9.17, 15) is 13.2 Å². The molecule has 168 valence electrons. The van der Waals surface area contributed by atoms with Crippen molar-refractivity contribution in [1.82, 2.24) is 4.31 Å². The molecular formula is C23H30N2O5S. The van der Waals surface area contributed by atoms with Crippen molar-refractivity contribution in [3.8, 4) is 11.5 Å². The summed E-state index contributed by atoms with van der Waals surface area (Å²) >= 11 is 0. The maximum atomic E-state index is 13.4. The van der Waals surface area contributed by atoms with Gasteiger partial charge in [-0.3, -0.25) is 4.79 Å². The van der Waals surface area contributed by atoms with Gasteiger partial charge in [-0.15, -0.1) is 0 Å². The quantitative estimate of drug-likeness (QED) is 0.697. The van der Waals surface area contributed by atoms with E-state index >= 15 is 0 Å². The monoisotopic (exact) mass is 446 g/mol. The van der Waals surface area contributed by atoms with Gasteiger partial charge in [0.2, 0.25) is 15.9 Å². The lowest BCUT2D eigenvalue weighted by Gasteiger charge is -2.25. The Bertz CT molecular complexity index is 1070. The van der Waals surface area contributed by atoms with E-state index in [-0.39, 0.29) is 16.7 Å². The largest absolute Gasteiger partial charge is 0.493 e. The SMILES string of the molecule is COc1ccc(S(=O)(=O)N2CCCC2C(=O)Nc2c(C)cccc2C(C)C)cc1OC. The predicted molar refractivity (Wildman–Crippen MR) is 120 cm³/mol. The van der Waals surface area contributed by atoms with E-state index in [1.807, 2.05) is 25.1 Å². The van der Waals surface area contributed by atoms with E-state index in [0.29, 0.717) is 30.9 Å². The molecule has 1 fully saturated rings. The Hall–Kier alpha value is -2.58. The number of nitrogens with one attached hydrogen (secondary N) is 1. The molecule has 8 heteroatoms. The molecule has 0 aromatic heterocycles. The zero-order valence-electron chi connectivity index (χ0n) is 18.6. The highest BCUT2D eigenvalue weighted by Gasteiger charge is 2.40. The van der Waals surface area contributed by atoms with Crippen LogP contribution in [0.1, 0.15) is 43.7 Å². The summed E-state index contributed by atoms with van der Waals surface area (Å²) in [5, 5.41) is 3.01. The van der Waals surface area contributed by atoms with Gasteiger partial charge in [-0.05, 0) is 48.9 Å². The lowest BCUT2D eigenvalue weighted by molar-refractivity contribution is -0.119. The molecule has 1 heterocycles. The smallest absolute Gasteiger partial charge is 0.243 e. The van der Waals surface area contributed by atoms with Gasteiger partial charge in [0.15, 0.2) is 11.5 Å². The molecule has 0 spiro atoms. The minimum absolute atomic E-state index is 0.0728. The Kier molecular flexibility index (Phi) is 6.91. The molecule has 0 aliphatic carbocycles. The lowest BCUT2D eigenvalue weighted by atomic mass is 9.98. The summed E-state index contributed by atoms with van der Waals surface area (Å²) in [4.78, 5) is 13.3. The molecule has 31 heavy (non-hydrogen) atoms. The van der Waals surface area contributed by atoms with E-state index in [1.54, 1.807) is 6.07 Å². The van der Waals surface area contributed by atoms with E-state index in [1.165, 1.54) is 30.7 Å². The fraction of sp³-hybridized carbons (Fsp3) is 0.435. The third-order valence-electron chi connectivity index (χ3n) is 5.64. The molecular weight excluding hydrogens is 416 g/mol. The maximum Gasteiger partial charge on any atom is 0.243 e. The van der Waals surface area contributed by atoms with Crippen molar-refractivity contribution >= 4 is 21.6 Å². The molecule has 0 saturated carbocycles. The van der Waals surface area contributed by atoms with Crippen LogP contribution in [0, 0.1) is 6.92 Å². The number of benzene rings is 2. The molecule has 1 amide bonds. The van der Waals surface area contributed by atoms with Crippen molar-refractivity contribution in [2.75, 3.05) is 26.1 Å². The van der Waals surface area contributed by atoms with Gasteiger partial charge in [0, 0.05) is 18.3 Å². The van der Waals surface area contributed by atoms with Gasteiger partial charge in [0.05, 0.1) is 19.1 Å². The average molecular weight is 447 g/mol. The summed E-state index contributed by atoms with van der Waals surface area (Å²) in [6.45, 7) is 6.36. The second-order valence-electron chi connectivity index (χ2n) is 7.97. The summed E-state index contributed by atoms with van der Waals surface area (Å²) in [5.74, 6) is 0.686. The molecule has 2 aromatic rings. The van der Waals surface area contributed by atoms with Crippen LogP contribution in [0.4, 0.5) is 5.69 Å². The number of sulfonamides is 1. The van der Waals surface area contributed by atoms with Gasteiger partial charge in [-0.1, -0.05) is 32.0 Å². The van der Waals surface area contributed by atoms with Crippen molar-refractivity contribution in [3.63, 3.8) is 0 Å². The predicted octanol–water partition coefficient (Wildman–Crippen LogP) is 3.93. The standard InChI is InChI=1S/C23H30N2O5S/c1-15(2)18-9-6-8-16(3)22(18)24-23(26)19-10-7-13-25(19)31(27,28)17-11-12-20(29-4)21(14-17)30-5/h6,8-9,11-12,14-15,19H,7,10,13H2,1-5H3,(H,24,26). The minimum atomic E-state index is -3.88. The van der Waals surface area contributed by atoms with Crippen LogP contribution in [-0.4, -0.2) is 45.4 Å². The van der Waals surface area contributed by atoms with Crippen LogP contribution in [-0.2, 0) is 14.8 Å². The molecule has 0 bridgehead atoms. The van der Waals surface area contributed by atoms with Crippen LogP contribution in [0.2, 0.25) is 0 Å². The van der Waals surface area contributed by atoms with Crippen molar-refractivity contribution in [2.24, 2.45) is 0 Å². The number of rotatable bonds is 7. The van der Waals surface area contributed by atoms with Gasteiger partial charge in [0.25, 0.3) is 0 Å². The Labute approximate surface area is 184 Å². The molecule has 1 unspecified atom stereocenters. The Morgan fingerprint density at radius 1 is 1.13 bits per heavy atom. The van der Waals surface area contributed by atoms with Crippen LogP contribution in [0.5, 0.6) is 11.5 Å². The zero-order valence-corrected chi connectivity index (χ0v) is 19.5. The number of methoxy groups -OCH3 is 2. The summed E-state index contributed by atoms with van der Waals surface area (Å²) in [5.41, 5.74) is 2.74. The number of anilines is 1. The highest BCUT2D eigenvalue weighted by atomic mass is 32.2. The first-order valence-corrected chi connectivity index (χ1v) is 11.8. The van der Waals surface area contributed by atoms with Crippen molar-refractivity contribution in [1.29, 1.82) is 0 Å². The third-order valence-corrected chi connectivity index (χ3v) is 7.55. The van der Waals surface area contributed by atoms with E-state index in [0.717, 1.165) is 16.8 Å². The van der Waals surface area contributed by atoms with Crippen LogP contribution in [0.15, 0.2) is 41.3 Å². The van der Waals surface area contributed by atoms with Crippen molar-refractivity contribution in [3.05, 3.63) is 47.5 Å². The van der Waals surface area contributed by atoms with Gasteiger partial charge in [-0.25, -0.2) is 8.42 Å². The maximum absolute atomic E-state index is 13.4. The summed E-state index contributed by atoms with van der Waals surface area (Å²) < 4.78 is 38.5. The number of para-hydroxylation sites is 1. The fourth-order valence-corrected chi connectivity index (χ4v) is 5.62. The molecule has 3 rings (SSSR count). The molecule has 7 nitrogen and oxygen atoms in total. The Morgan fingerprint density at radius 2 is 1.84 bits per heavy atom. The number of carbonyl (C=O) groups excluding carboxylic acids is 1. The lowest BCUT2D eigenvalue weighted by Crippen LogP contribution is -2.43. The first-order chi connectivity index (χ1) is 14.7. The van der Waals surface area contributed by atoms with Crippen LogP contribution in [0.25, 0.3) is 0 Å². The summed E-state index contributed by atoms with van der Waals surface area (Å²) in [6, 6.07) is 9.58. The second kappa shape index (κ2) is 9.28. The van der Waals surface area contributed by atoms with Crippen molar-refractivity contribution < 1.29 is 22.7 Å². The number of nitrogens with zero attached hydrogens (tertiary/aromatic N) is 1. The zero-order chi connectivity index (χ0) is 22.8. The van der Waals surface area contributed by atoms with Gasteiger partial charge >= 0.3 is 0 Å². The van der Waals surface area contributed by atoms with Crippen LogP contribution < -0.4 is 14.8 Å². The summed E-state index contributed by atoms with van der Waals surface area (Å²) in [6.07, 6.45) is 1.09. The molecule has 0 radical (unpaired) electrons. The Balaban J connectivity index is 1.90. The summed E-state index contributed by atoms with van der Waals surface area (Å²) in [7, 11) is -0.939. The average Bonchev–Trinajstić information content (AvgIpc) is 3.25. The molecule has 1 N–H and O–H groups in total. The first kappa shape index (κ1) is 23.1. The first-order valence-electron chi connectivity index (χ1n) is 10.3. The minimum Gasteiger partial charge on any atom is -0.493 e. The number of hydrogen-bond donors (Lipinski definition) is 1. The molecule has 2 aromatic carbocycles. The van der Waals surface area contributed by atoms with E-state index in [4.69, 9.17) is 9.47 Å². The van der Waals surface area contributed by atoms with Gasteiger partial charge in [0.1, 0.15) is 6.04 Å². The van der Waals surface area contributed by atoms with Crippen LogP contribution in [0.3, 0.4) is 0 Å². The highest BCUT2D eigenvalue weighted by Crippen LogP contribution is 2.34. The number of hydrogen-bond acceptors (Lipinski definition) is 5. The molecule has 1 aliphatic rings. The molecule has 1 atom stereocenters. The third kappa shape index (κ3) is 4.55. The van der Waals surface area contributed by atoms with Gasteiger partial charge in [-0.2, -0.15) is 4.31 Å². The number of aryl methyl sites for hydroxylation is 1. The Morgan fingerprint density at radius 3 is 2.48 bits per heavy atom. The molecule has 1 aliphatic heterocycles. The highest BCUT2D eigenvalue weighted by molar-refractivity contribution is 7.89. The van der Waals surface area contributed by atoms with Gasteiger partial charge < -0.3 is 14.8 Å². The normalized spacial score (nSPS) is 17.0. The van der Waals surface area contributed by atoms with E-state index in [2.05, 4.69) is 19.2 Å². The second-order valence-corrected chi connectivity index (χ2v) is 9.86. The number of amides is 1.